The molecule has 0 saturated carbocycles. The Labute approximate surface area is 143 Å². The van der Waals surface area contributed by atoms with Gasteiger partial charge in [0.2, 0.25) is 0 Å². The predicted molar refractivity (Wildman–Crippen MR) is 89.4 cm³/mol. The van der Waals surface area contributed by atoms with E-state index in [0.29, 0.717) is 31.6 Å². The van der Waals surface area contributed by atoms with Gasteiger partial charge in [-0.05, 0) is 46.5 Å². The van der Waals surface area contributed by atoms with Gasteiger partial charge in [-0.1, -0.05) is 0 Å². The van der Waals surface area contributed by atoms with Crippen LogP contribution in [0.1, 0.15) is 39.3 Å². The number of amides is 1. The molecular weight excluding hydrogens is 330 g/mol. The number of hydrogen-bond donors (Lipinski definition) is 0. The minimum atomic E-state index is -3.47. The van der Waals surface area contributed by atoms with Crippen LogP contribution in [0, 0.1) is 12.8 Å². The Balaban J connectivity index is 1.94. The van der Waals surface area contributed by atoms with Crippen molar-refractivity contribution in [3.05, 3.63) is 18.1 Å². The predicted octanol–water partition coefficient (Wildman–Crippen LogP) is 2.21. The van der Waals surface area contributed by atoms with Crippen LogP contribution in [-0.4, -0.2) is 53.8 Å². The van der Waals surface area contributed by atoms with Crippen LogP contribution in [0.2, 0.25) is 0 Å². The van der Waals surface area contributed by atoms with E-state index in [1.54, 1.807) is 11.8 Å². The lowest BCUT2D eigenvalue weighted by Crippen LogP contribution is -2.42. The van der Waals surface area contributed by atoms with Crippen LogP contribution in [-0.2, 0) is 14.6 Å². The molecule has 0 aromatic carbocycles. The van der Waals surface area contributed by atoms with E-state index in [0.717, 1.165) is 0 Å². The molecule has 0 radical (unpaired) electrons. The molecule has 2 rings (SSSR count). The van der Waals surface area contributed by atoms with E-state index < -0.39 is 15.4 Å². The molecule has 0 spiro atoms. The van der Waals surface area contributed by atoms with Crippen molar-refractivity contribution in [1.82, 2.24) is 14.9 Å². The van der Waals surface area contributed by atoms with Crippen molar-refractivity contribution in [2.75, 3.05) is 18.8 Å². The summed E-state index contributed by atoms with van der Waals surface area (Å²) in [5.74, 6) is 0.0457. The van der Waals surface area contributed by atoms with Crippen molar-refractivity contribution in [3.63, 3.8) is 0 Å². The fourth-order valence-corrected chi connectivity index (χ4v) is 4.53. The van der Waals surface area contributed by atoms with Crippen LogP contribution >= 0.6 is 0 Å². The molecule has 1 aromatic rings. The van der Waals surface area contributed by atoms with E-state index in [4.69, 9.17) is 4.74 Å². The molecular formula is C16H25N3O4S. The largest absolute Gasteiger partial charge is 0.444 e. The van der Waals surface area contributed by atoms with Crippen molar-refractivity contribution in [2.45, 2.75) is 51.2 Å². The molecule has 134 valence electrons. The van der Waals surface area contributed by atoms with Crippen molar-refractivity contribution < 1.29 is 17.9 Å². The maximum Gasteiger partial charge on any atom is 0.410 e. The van der Waals surface area contributed by atoms with Crippen molar-refractivity contribution in [1.29, 1.82) is 0 Å². The summed E-state index contributed by atoms with van der Waals surface area (Å²) in [7, 11) is -3.47. The van der Waals surface area contributed by atoms with Gasteiger partial charge in [0.25, 0.3) is 0 Å². The first-order chi connectivity index (χ1) is 11.1. The fourth-order valence-electron chi connectivity index (χ4n) is 2.70. The highest BCUT2D eigenvalue weighted by atomic mass is 32.2. The second kappa shape index (κ2) is 7.04. The van der Waals surface area contributed by atoms with Gasteiger partial charge in [-0.3, -0.25) is 4.98 Å². The summed E-state index contributed by atoms with van der Waals surface area (Å²) in [6, 6.07) is 0. The summed E-state index contributed by atoms with van der Waals surface area (Å²) >= 11 is 0. The lowest BCUT2D eigenvalue weighted by atomic mass is 9.99. The Bertz CT molecular complexity index is 690. The molecule has 1 fully saturated rings. The van der Waals surface area contributed by atoms with Crippen LogP contribution < -0.4 is 0 Å². The number of carbonyl (C=O) groups excluding carboxylic acids is 1. The number of carbonyl (C=O) groups is 1. The number of piperidine rings is 1. The average molecular weight is 355 g/mol. The minimum absolute atomic E-state index is 0.00935. The maximum absolute atomic E-state index is 12.5. The summed E-state index contributed by atoms with van der Waals surface area (Å²) in [6.45, 7) is 8.14. The quantitative estimate of drug-likeness (QED) is 0.826. The van der Waals surface area contributed by atoms with Gasteiger partial charge in [0.1, 0.15) is 5.60 Å². The molecule has 7 nitrogen and oxygen atoms in total. The Hall–Kier alpha value is -1.70. The summed E-state index contributed by atoms with van der Waals surface area (Å²) < 4.78 is 30.4. The van der Waals surface area contributed by atoms with E-state index in [1.807, 2.05) is 20.8 Å². The van der Waals surface area contributed by atoms with E-state index in [-0.39, 0.29) is 22.8 Å². The second-order valence-electron chi connectivity index (χ2n) is 7.14. The Morgan fingerprint density at radius 2 is 1.83 bits per heavy atom. The molecule has 1 aliphatic rings. The summed E-state index contributed by atoms with van der Waals surface area (Å²) in [6.07, 6.45) is 3.81. The summed E-state index contributed by atoms with van der Waals surface area (Å²) in [5, 5.41) is 0.0552. The van der Waals surface area contributed by atoms with E-state index in [1.165, 1.54) is 12.4 Å². The zero-order chi connectivity index (χ0) is 18.0. The SMILES string of the molecule is Cc1nccnc1S(=O)(=O)CC1CCN(C(=O)OC(C)(C)C)CC1. The first-order valence-corrected chi connectivity index (χ1v) is 9.72. The molecule has 1 aliphatic heterocycles. The Morgan fingerprint density at radius 3 is 2.38 bits per heavy atom. The molecule has 1 amide bonds. The van der Waals surface area contributed by atoms with Gasteiger partial charge in [-0.15, -0.1) is 0 Å². The molecule has 0 N–H and O–H groups in total. The third kappa shape index (κ3) is 4.90. The monoisotopic (exact) mass is 355 g/mol. The number of nitrogens with zero attached hydrogens (tertiary/aromatic N) is 3. The van der Waals surface area contributed by atoms with E-state index >= 15 is 0 Å². The number of aryl methyl sites for hydroxylation is 1. The molecule has 0 aliphatic carbocycles. The minimum Gasteiger partial charge on any atom is -0.444 e. The molecule has 0 unspecified atom stereocenters. The smallest absolute Gasteiger partial charge is 0.410 e. The lowest BCUT2D eigenvalue weighted by molar-refractivity contribution is 0.0191. The van der Waals surface area contributed by atoms with Crippen molar-refractivity contribution in [3.8, 4) is 0 Å². The third-order valence-corrected chi connectivity index (χ3v) is 5.75. The van der Waals surface area contributed by atoms with Gasteiger partial charge >= 0.3 is 6.09 Å². The maximum atomic E-state index is 12.5. The molecule has 8 heteroatoms. The molecule has 1 saturated heterocycles. The van der Waals surface area contributed by atoms with Crippen LogP contribution in [0.5, 0.6) is 0 Å². The topological polar surface area (TPSA) is 89.5 Å². The Morgan fingerprint density at radius 1 is 1.25 bits per heavy atom. The molecule has 24 heavy (non-hydrogen) atoms. The number of aromatic nitrogens is 2. The molecule has 0 atom stereocenters. The van der Waals surface area contributed by atoms with E-state index in [9.17, 15) is 13.2 Å². The lowest BCUT2D eigenvalue weighted by Gasteiger charge is -2.33. The zero-order valence-corrected chi connectivity index (χ0v) is 15.5. The van der Waals surface area contributed by atoms with Gasteiger partial charge in [0.05, 0.1) is 11.4 Å². The first kappa shape index (κ1) is 18.6. The highest BCUT2D eigenvalue weighted by Crippen LogP contribution is 2.23. The highest BCUT2D eigenvalue weighted by molar-refractivity contribution is 7.91. The first-order valence-electron chi connectivity index (χ1n) is 8.07. The standard InChI is InChI=1S/C16H25N3O4S/c1-12-14(18-8-7-17-12)24(21,22)11-13-5-9-19(10-6-13)15(20)23-16(2,3)4/h7-8,13H,5-6,9-11H2,1-4H3. The van der Waals surface area contributed by atoms with Crippen LogP contribution in [0.3, 0.4) is 0 Å². The molecule has 1 aromatic heterocycles. The van der Waals surface area contributed by atoms with Gasteiger partial charge in [-0.25, -0.2) is 18.2 Å². The number of rotatable bonds is 3. The Kier molecular flexibility index (Phi) is 5.47. The zero-order valence-electron chi connectivity index (χ0n) is 14.7. The number of hydrogen-bond acceptors (Lipinski definition) is 6. The normalized spacial score (nSPS) is 16.9. The van der Waals surface area contributed by atoms with Crippen molar-refractivity contribution >= 4 is 15.9 Å². The summed E-state index contributed by atoms with van der Waals surface area (Å²) in [4.78, 5) is 21.6. The number of sulfone groups is 1. The van der Waals surface area contributed by atoms with Gasteiger partial charge in [0, 0.05) is 25.5 Å². The van der Waals surface area contributed by atoms with Crippen LogP contribution in [0.15, 0.2) is 17.4 Å². The molecule has 0 bridgehead atoms. The fraction of sp³-hybridized carbons (Fsp3) is 0.688. The molecule has 2 heterocycles. The van der Waals surface area contributed by atoms with Gasteiger partial charge in [0.15, 0.2) is 14.9 Å². The third-order valence-electron chi connectivity index (χ3n) is 3.85. The second-order valence-corrected chi connectivity index (χ2v) is 9.09. The van der Waals surface area contributed by atoms with E-state index in [2.05, 4.69) is 9.97 Å². The van der Waals surface area contributed by atoms with Crippen LogP contribution in [0.4, 0.5) is 4.79 Å². The van der Waals surface area contributed by atoms with Crippen LogP contribution in [0.25, 0.3) is 0 Å². The highest BCUT2D eigenvalue weighted by Gasteiger charge is 2.30. The average Bonchev–Trinajstić information content (AvgIpc) is 2.46. The van der Waals surface area contributed by atoms with Gasteiger partial charge < -0.3 is 9.64 Å². The van der Waals surface area contributed by atoms with Gasteiger partial charge in [-0.2, -0.15) is 0 Å². The van der Waals surface area contributed by atoms with Crippen molar-refractivity contribution in [2.24, 2.45) is 5.92 Å². The summed E-state index contributed by atoms with van der Waals surface area (Å²) in [5.41, 5.74) is -0.107. The number of ether oxygens (including phenoxy) is 1. The number of likely N-dealkylation sites (tertiary alicyclic amines) is 1.